The van der Waals surface area contributed by atoms with Gasteiger partial charge in [0.2, 0.25) is 0 Å². The highest BCUT2D eigenvalue weighted by Crippen LogP contribution is 2.35. The van der Waals surface area contributed by atoms with Crippen LogP contribution in [0.2, 0.25) is 5.02 Å². The summed E-state index contributed by atoms with van der Waals surface area (Å²) in [6, 6.07) is 16.0. The molecule has 0 fully saturated rings. The maximum Gasteiger partial charge on any atom is 0.263 e. The molecule has 2 amide bonds. The van der Waals surface area contributed by atoms with Gasteiger partial charge in [0.1, 0.15) is 11.6 Å². The molecular weight excluding hydrogens is 326 g/mol. The predicted molar refractivity (Wildman–Crippen MR) is 90.9 cm³/mol. The number of nitrogens with zero attached hydrogens (tertiary/aromatic N) is 1. The predicted octanol–water partition coefficient (Wildman–Crippen LogP) is 2.89. The van der Waals surface area contributed by atoms with Crippen LogP contribution in [0.4, 0.5) is 5.69 Å². The summed E-state index contributed by atoms with van der Waals surface area (Å²) in [5.74, 6) is -1.09. The molecule has 0 aliphatic carbocycles. The number of carbonyl (C=O) groups excluding carboxylic acids is 2. The average molecular weight is 338 g/mol. The average Bonchev–Trinajstić information content (AvgIpc) is 2.90. The summed E-state index contributed by atoms with van der Waals surface area (Å²) in [7, 11) is 0. The van der Waals surface area contributed by atoms with Crippen LogP contribution in [0.15, 0.2) is 54.1 Å². The van der Waals surface area contributed by atoms with Crippen molar-refractivity contribution in [3.63, 3.8) is 0 Å². The van der Waals surface area contributed by atoms with E-state index in [1.807, 2.05) is 36.4 Å². The SMILES string of the molecule is N#C/C(C(=O)NCc1ccccc1)=C1/C(=O)Nc2ccc(Cl)cc21. The van der Waals surface area contributed by atoms with Gasteiger partial charge in [-0.15, -0.1) is 0 Å². The third kappa shape index (κ3) is 3.00. The third-order valence-corrected chi connectivity index (χ3v) is 3.85. The van der Waals surface area contributed by atoms with E-state index in [1.54, 1.807) is 18.2 Å². The first kappa shape index (κ1) is 15.8. The van der Waals surface area contributed by atoms with Gasteiger partial charge >= 0.3 is 0 Å². The van der Waals surface area contributed by atoms with Gasteiger partial charge in [0, 0.05) is 22.8 Å². The zero-order valence-electron chi connectivity index (χ0n) is 12.5. The van der Waals surface area contributed by atoms with Crippen molar-refractivity contribution < 1.29 is 9.59 Å². The van der Waals surface area contributed by atoms with Crippen LogP contribution < -0.4 is 10.6 Å². The largest absolute Gasteiger partial charge is 0.347 e. The molecule has 118 valence electrons. The van der Waals surface area contributed by atoms with Gasteiger partial charge in [0.15, 0.2) is 0 Å². The van der Waals surface area contributed by atoms with Gasteiger partial charge in [-0.1, -0.05) is 41.9 Å². The lowest BCUT2D eigenvalue weighted by Gasteiger charge is -2.06. The summed E-state index contributed by atoms with van der Waals surface area (Å²) in [5, 5.41) is 15.1. The molecule has 0 unspecified atom stereocenters. The number of amides is 2. The van der Waals surface area contributed by atoms with Crippen LogP contribution in [-0.4, -0.2) is 11.8 Å². The minimum Gasteiger partial charge on any atom is -0.347 e. The van der Waals surface area contributed by atoms with Crippen LogP contribution in [0.1, 0.15) is 11.1 Å². The second kappa shape index (κ2) is 6.57. The lowest BCUT2D eigenvalue weighted by molar-refractivity contribution is -0.117. The maximum atomic E-state index is 12.4. The van der Waals surface area contributed by atoms with Crippen molar-refractivity contribution in [1.29, 1.82) is 5.26 Å². The van der Waals surface area contributed by atoms with E-state index in [-0.39, 0.29) is 17.7 Å². The Balaban J connectivity index is 1.92. The Morgan fingerprint density at radius 3 is 2.67 bits per heavy atom. The normalized spacial score (nSPS) is 14.4. The molecule has 1 heterocycles. The standard InChI is InChI=1S/C18H12ClN3O2/c19-12-6-7-15-13(8-12)16(18(24)22-15)14(9-20)17(23)21-10-11-4-2-1-3-5-11/h1-8H,10H2,(H,21,23)(H,22,24)/b16-14-. The summed E-state index contributed by atoms with van der Waals surface area (Å²) in [4.78, 5) is 24.5. The van der Waals surface area contributed by atoms with Gasteiger partial charge in [-0.3, -0.25) is 9.59 Å². The van der Waals surface area contributed by atoms with E-state index >= 15 is 0 Å². The Hall–Kier alpha value is -3.10. The lowest BCUT2D eigenvalue weighted by atomic mass is 10.0. The van der Waals surface area contributed by atoms with Crippen LogP contribution in [-0.2, 0) is 16.1 Å². The number of carbonyl (C=O) groups is 2. The summed E-state index contributed by atoms with van der Waals surface area (Å²) >= 11 is 5.96. The van der Waals surface area contributed by atoms with E-state index in [9.17, 15) is 14.9 Å². The molecule has 0 atom stereocenters. The molecule has 2 N–H and O–H groups in total. The molecule has 0 saturated carbocycles. The summed E-state index contributed by atoms with van der Waals surface area (Å²) in [6.07, 6.45) is 0. The smallest absolute Gasteiger partial charge is 0.263 e. The number of fused-ring (bicyclic) bond motifs is 1. The number of halogens is 1. The molecule has 0 radical (unpaired) electrons. The first-order valence-electron chi connectivity index (χ1n) is 7.18. The molecule has 1 aliphatic heterocycles. The summed E-state index contributed by atoms with van der Waals surface area (Å²) < 4.78 is 0. The zero-order chi connectivity index (χ0) is 17.1. The summed E-state index contributed by atoms with van der Waals surface area (Å²) in [5.41, 5.74) is 1.69. The highest BCUT2D eigenvalue weighted by molar-refractivity contribution is 6.37. The molecular formula is C18H12ClN3O2. The second-order valence-electron chi connectivity index (χ2n) is 5.17. The van der Waals surface area contributed by atoms with Crippen molar-refractivity contribution in [2.75, 3.05) is 5.32 Å². The van der Waals surface area contributed by atoms with E-state index in [2.05, 4.69) is 10.6 Å². The summed E-state index contributed by atoms with van der Waals surface area (Å²) in [6.45, 7) is 0.266. The van der Waals surface area contributed by atoms with Crippen molar-refractivity contribution in [1.82, 2.24) is 5.32 Å². The fourth-order valence-electron chi connectivity index (χ4n) is 2.47. The first-order chi connectivity index (χ1) is 11.6. The van der Waals surface area contributed by atoms with Crippen LogP contribution in [0.5, 0.6) is 0 Å². The molecule has 24 heavy (non-hydrogen) atoms. The van der Waals surface area contributed by atoms with Gasteiger partial charge in [0.05, 0.1) is 5.57 Å². The molecule has 1 aliphatic rings. The second-order valence-corrected chi connectivity index (χ2v) is 5.61. The highest BCUT2D eigenvalue weighted by Gasteiger charge is 2.30. The minimum absolute atomic E-state index is 0.0422. The maximum absolute atomic E-state index is 12.4. The number of anilines is 1. The van der Waals surface area contributed by atoms with Gasteiger partial charge in [-0.2, -0.15) is 5.26 Å². The number of hydrogen-bond acceptors (Lipinski definition) is 3. The molecule has 6 heteroatoms. The fraction of sp³-hybridized carbons (Fsp3) is 0.0556. The topological polar surface area (TPSA) is 82.0 Å². The molecule has 5 nitrogen and oxygen atoms in total. The van der Waals surface area contributed by atoms with E-state index in [0.717, 1.165) is 5.56 Å². The third-order valence-electron chi connectivity index (χ3n) is 3.61. The molecule has 0 saturated heterocycles. The van der Waals surface area contributed by atoms with E-state index in [1.165, 1.54) is 0 Å². The minimum atomic E-state index is -0.598. The van der Waals surface area contributed by atoms with E-state index < -0.39 is 11.8 Å². The Morgan fingerprint density at radius 2 is 1.96 bits per heavy atom. The number of nitrogens with one attached hydrogen (secondary N) is 2. The van der Waals surface area contributed by atoms with Crippen LogP contribution in [0.3, 0.4) is 0 Å². The van der Waals surface area contributed by atoms with Crippen molar-refractivity contribution >= 4 is 34.7 Å². The van der Waals surface area contributed by atoms with Crippen molar-refractivity contribution in [2.45, 2.75) is 6.54 Å². The van der Waals surface area contributed by atoms with Gasteiger partial charge < -0.3 is 10.6 Å². The lowest BCUT2D eigenvalue weighted by Crippen LogP contribution is -2.25. The van der Waals surface area contributed by atoms with Gasteiger partial charge in [-0.25, -0.2) is 0 Å². The van der Waals surface area contributed by atoms with Crippen LogP contribution in [0, 0.1) is 11.3 Å². The van der Waals surface area contributed by atoms with Crippen molar-refractivity contribution in [3.05, 3.63) is 70.3 Å². The van der Waals surface area contributed by atoms with Crippen LogP contribution >= 0.6 is 11.6 Å². The molecule has 2 aromatic carbocycles. The quantitative estimate of drug-likeness (QED) is 0.667. The van der Waals surface area contributed by atoms with Gasteiger partial charge in [-0.05, 0) is 23.8 Å². The molecule has 0 bridgehead atoms. The molecule has 0 spiro atoms. The molecule has 0 aromatic heterocycles. The monoisotopic (exact) mass is 337 g/mol. The number of hydrogen-bond donors (Lipinski definition) is 2. The first-order valence-corrected chi connectivity index (χ1v) is 7.55. The Kier molecular flexibility index (Phi) is 4.32. The highest BCUT2D eigenvalue weighted by atomic mass is 35.5. The fourth-order valence-corrected chi connectivity index (χ4v) is 2.65. The number of nitriles is 1. The molecule has 3 rings (SSSR count). The Morgan fingerprint density at radius 1 is 1.21 bits per heavy atom. The van der Waals surface area contributed by atoms with E-state index in [0.29, 0.717) is 16.3 Å². The number of benzene rings is 2. The van der Waals surface area contributed by atoms with E-state index in [4.69, 9.17) is 11.6 Å². The Bertz CT molecular complexity index is 898. The van der Waals surface area contributed by atoms with Crippen molar-refractivity contribution in [3.8, 4) is 6.07 Å². The van der Waals surface area contributed by atoms with Crippen molar-refractivity contribution in [2.24, 2.45) is 0 Å². The Labute approximate surface area is 143 Å². The number of rotatable bonds is 3. The molecule has 2 aromatic rings. The zero-order valence-corrected chi connectivity index (χ0v) is 13.2. The van der Waals surface area contributed by atoms with Crippen LogP contribution in [0.25, 0.3) is 5.57 Å². The van der Waals surface area contributed by atoms with Gasteiger partial charge in [0.25, 0.3) is 11.8 Å².